The smallest absolute Gasteiger partial charge is 0.125 e. The van der Waals surface area contributed by atoms with E-state index in [9.17, 15) is 5.11 Å². The van der Waals surface area contributed by atoms with Gasteiger partial charge in [-0.3, -0.25) is 0 Å². The molecule has 3 heteroatoms. The van der Waals surface area contributed by atoms with Crippen molar-refractivity contribution in [2.24, 2.45) is 0 Å². The molecule has 1 spiro atoms. The lowest BCUT2D eigenvalue weighted by atomic mass is 9.81. The first kappa shape index (κ1) is 11.1. The topological polar surface area (TPSA) is 38.7 Å². The van der Waals surface area contributed by atoms with Crippen LogP contribution in [0.1, 0.15) is 37.9 Å². The molecule has 2 aliphatic heterocycles. The molecule has 1 aromatic carbocycles. The predicted molar refractivity (Wildman–Crippen MR) is 64.0 cm³/mol. The van der Waals surface area contributed by atoms with E-state index in [2.05, 4.69) is 6.92 Å². The molecule has 1 saturated heterocycles. The Balaban J connectivity index is 1.92. The molecule has 1 aromatic rings. The van der Waals surface area contributed by atoms with Crippen LogP contribution in [0, 0.1) is 0 Å². The van der Waals surface area contributed by atoms with E-state index in [4.69, 9.17) is 9.47 Å². The SMILES string of the molecule is CC1CC2(CCO1)CC(O)c1ccccc1O2. The van der Waals surface area contributed by atoms with Crippen LogP contribution in [0.5, 0.6) is 5.75 Å². The fraction of sp³-hybridized carbons (Fsp3) is 0.571. The van der Waals surface area contributed by atoms with Crippen LogP contribution in [0.2, 0.25) is 0 Å². The van der Waals surface area contributed by atoms with Crippen molar-refractivity contribution in [2.45, 2.75) is 44.0 Å². The molecule has 3 rings (SSSR count). The van der Waals surface area contributed by atoms with Crippen molar-refractivity contribution in [3.8, 4) is 5.75 Å². The van der Waals surface area contributed by atoms with Crippen molar-refractivity contribution in [3.05, 3.63) is 29.8 Å². The normalized spacial score (nSPS) is 36.4. The van der Waals surface area contributed by atoms with E-state index < -0.39 is 6.10 Å². The second-order valence-corrected chi connectivity index (χ2v) is 5.18. The van der Waals surface area contributed by atoms with Crippen molar-refractivity contribution in [1.82, 2.24) is 0 Å². The van der Waals surface area contributed by atoms with E-state index in [0.717, 1.165) is 30.8 Å². The Morgan fingerprint density at radius 2 is 2.12 bits per heavy atom. The largest absolute Gasteiger partial charge is 0.487 e. The van der Waals surface area contributed by atoms with Gasteiger partial charge < -0.3 is 14.6 Å². The van der Waals surface area contributed by atoms with E-state index in [-0.39, 0.29) is 11.7 Å². The van der Waals surface area contributed by atoms with Crippen LogP contribution >= 0.6 is 0 Å². The number of ether oxygens (including phenoxy) is 2. The maximum Gasteiger partial charge on any atom is 0.125 e. The fourth-order valence-electron chi connectivity index (χ4n) is 3.00. The van der Waals surface area contributed by atoms with Crippen LogP contribution < -0.4 is 4.74 Å². The quantitative estimate of drug-likeness (QED) is 0.749. The van der Waals surface area contributed by atoms with Crippen LogP contribution in [0.25, 0.3) is 0 Å². The summed E-state index contributed by atoms with van der Waals surface area (Å²) in [7, 11) is 0. The van der Waals surface area contributed by atoms with Gasteiger partial charge in [0.25, 0.3) is 0 Å². The predicted octanol–water partition coefficient (Wildman–Crippen LogP) is 2.44. The van der Waals surface area contributed by atoms with Gasteiger partial charge in [0.15, 0.2) is 0 Å². The van der Waals surface area contributed by atoms with Gasteiger partial charge in [-0.15, -0.1) is 0 Å². The molecule has 0 saturated carbocycles. The number of para-hydroxylation sites is 1. The summed E-state index contributed by atoms with van der Waals surface area (Å²) >= 11 is 0. The summed E-state index contributed by atoms with van der Waals surface area (Å²) in [6.45, 7) is 2.78. The number of benzene rings is 1. The lowest BCUT2D eigenvalue weighted by molar-refractivity contribution is -0.111. The Kier molecular flexibility index (Phi) is 2.60. The third-order valence-corrected chi connectivity index (χ3v) is 3.79. The number of fused-ring (bicyclic) bond motifs is 1. The van der Waals surface area contributed by atoms with Crippen LogP contribution in [-0.4, -0.2) is 23.4 Å². The molecule has 0 bridgehead atoms. The Bertz CT molecular complexity index is 418. The van der Waals surface area contributed by atoms with Crippen LogP contribution in [0.3, 0.4) is 0 Å². The van der Waals surface area contributed by atoms with Crippen molar-refractivity contribution in [3.63, 3.8) is 0 Å². The van der Waals surface area contributed by atoms with Gasteiger partial charge in [-0.2, -0.15) is 0 Å². The number of hydrogen-bond donors (Lipinski definition) is 1. The number of rotatable bonds is 0. The first-order valence-corrected chi connectivity index (χ1v) is 6.26. The van der Waals surface area contributed by atoms with E-state index in [1.807, 2.05) is 24.3 Å². The molecular weight excluding hydrogens is 216 g/mol. The van der Waals surface area contributed by atoms with Gasteiger partial charge in [0.2, 0.25) is 0 Å². The second kappa shape index (κ2) is 4.00. The summed E-state index contributed by atoms with van der Waals surface area (Å²) in [6.07, 6.45) is 2.20. The maximum absolute atomic E-state index is 10.2. The fourth-order valence-corrected chi connectivity index (χ4v) is 3.00. The van der Waals surface area contributed by atoms with Gasteiger partial charge in [-0.25, -0.2) is 0 Å². The van der Waals surface area contributed by atoms with Crippen LogP contribution in [0.4, 0.5) is 0 Å². The van der Waals surface area contributed by atoms with Crippen molar-refractivity contribution in [2.75, 3.05) is 6.61 Å². The molecule has 0 aromatic heterocycles. The van der Waals surface area contributed by atoms with E-state index in [1.165, 1.54) is 0 Å². The van der Waals surface area contributed by atoms with E-state index >= 15 is 0 Å². The Hall–Kier alpha value is -1.06. The molecule has 17 heavy (non-hydrogen) atoms. The summed E-state index contributed by atoms with van der Waals surface area (Å²) in [4.78, 5) is 0. The average molecular weight is 234 g/mol. The zero-order chi connectivity index (χ0) is 11.9. The highest BCUT2D eigenvalue weighted by molar-refractivity contribution is 5.38. The monoisotopic (exact) mass is 234 g/mol. The standard InChI is InChI=1S/C14H18O3/c1-10-8-14(6-7-16-10)9-12(15)11-4-2-3-5-13(11)17-14/h2-5,10,12,15H,6-9H2,1H3. The second-order valence-electron chi connectivity index (χ2n) is 5.18. The lowest BCUT2D eigenvalue weighted by Gasteiger charge is -2.44. The van der Waals surface area contributed by atoms with E-state index in [0.29, 0.717) is 6.42 Å². The highest BCUT2D eigenvalue weighted by Crippen LogP contribution is 2.44. The zero-order valence-electron chi connectivity index (χ0n) is 10.1. The molecule has 0 aliphatic carbocycles. The molecule has 2 heterocycles. The summed E-state index contributed by atoms with van der Waals surface area (Å²) < 4.78 is 11.7. The van der Waals surface area contributed by atoms with Gasteiger partial charge >= 0.3 is 0 Å². The minimum absolute atomic E-state index is 0.209. The van der Waals surface area contributed by atoms with Crippen molar-refractivity contribution >= 4 is 0 Å². The van der Waals surface area contributed by atoms with Gasteiger partial charge in [0, 0.05) is 24.8 Å². The number of aliphatic hydroxyl groups excluding tert-OH is 1. The summed E-state index contributed by atoms with van der Waals surface area (Å²) in [5.41, 5.74) is 0.683. The molecule has 3 atom stereocenters. The Morgan fingerprint density at radius 3 is 2.94 bits per heavy atom. The molecule has 1 fully saturated rings. The van der Waals surface area contributed by atoms with Gasteiger partial charge in [0.1, 0.15) is 11.4 Å². The van der Waals surface area contributed by atoms with Gasteiger partial charge in [-0.1, -0.05) is 18.2 Å². The molecule has 3 unspecified atom stereocenters. The first-order chi connectivity index (χ1) is 8.19. The maximum atomic E-state index is 10.2. The Morgan fingerprint density at radius 1 is 1.29 bits per heavy atom. The summed E-state index contributed by atoms with van der Waals surface area (Å²) in [6, 6.07) is 7.78. The Labute approximate surface area is 101 Å². The highest BCUT2D eigenvalue weighted by atomic mass is 16.5. The van der Waals surface area contributed by atoms with Crippen LogP contribution in [0.15, 0.2) is 24.3 Å². The third-order valence-electron chi connectivity index (χ3n) is 3.79. The zero-order valence-corrected chi connectivity index (χ0v) is 10.1. The first-order valence-electron chi connectivity index (χ1n) is 6.26. The minimum atomic E-state index is -0.412. The van der Waals surface area contributed by atoms with Gasteiger partial charge in [-0.05, 0) is 13.0 Å². The lowest BCUT2D eigenvalue weighted by Crippen LogP contribution is -2.47. The number of hydrogen-bond acceptors (Lipinski definition) is 3. The van der Waals surface area contributed by atoms with E-state index in [1.54, 1.807) is 0 Å². The third kappa shape index (κ3) is 1.94. The highest BCUT2D eigenvalue weighted by Gasteiger charge is 2.43. The number of aliphatic hydroxyl groups is 1. The molecular formula is C14H18O3. The molecule has 0 radical (unpaired) electrons. The molecule has 92 valence electrons. The van der Waals surface area contributed by atoms with Gasteiger partial charge in [0.05, 0.1) is 18.8 Å². The molecule has 0 amide bonds. The average Bonchev–Trinajstić information content (AvgIpc) is 2.28. The molecule has 1 N–H and O–H groups in total. The minimum Gasteiger partial charge on any atom is -0.487 e. The molecule has 2 aliphatic rings. The van der Waals surface area contributed by atoms with Crippen LogP contribution in [-0.2, 0) is 4.74 Å². The summed E-state index contributed by atoms with van der Waals surface area (Å²) in [5, 5.41) is 10.2. The van der Waals surface area contributed by atoms with Crippen molar-refractivity contribution < 1.29 is 14.6 Å². The van der Waals surface area contributed by atoms with Crippen molar-refractivity contribution in [1.29, 1.82) is 0 Å². The molecule has 3 nitrogen and oxygen atoms in total. The summed E-state index contributed by atoms with van der Waals surface area (Å²) in [5.74, 6) is 0.834.